The van der Waals surface area contributed by atoms with Crippen LogP contribution in [0, 0.1) is 19.3 Å². The lowest BCUT2D eigenvalue weighted by atomic mass is 9.87. The van der Waals surface area contributed by atoms with Gasteiger partial charge in [-0.3, -0.25) is 0 Å². The summed E-state index contributed by atoms with van der Waals surface area (Å²) in [7, 11) is 2.00. The molecule has 22 heavy (non-hydrogen) atoms. The predicted molar refractivity (Wildman–Crippen MR) is 95.1 cm³/mol. The number of aryl methyl sites for hydroxylation is 4. The van der Waals surface area contributed by atoms with Crippen molar-refractivity contribution in [2.45, 2.75) is 54.3 Å². The topological polar surface area (TPSA) is 3.88 Å². The SMILES string of the molecule is [2H]C([2H])(c1c[n+](C)c(-c2ccc(CC)cc2C)cc1C)C(C)(C)C. The molecule has 1 aromatic heterocycles. The van der Waals surface area contributed by atoms with Gasteiger partial charge in [-0.2, -0.15) is 0 Å². The Kier molecular flexibility index (Phi) is 3.97. The summed E-state index contributed by atoms with van der Waals surface area (Å²) in [5.74, 6) is 0. The van der Waals surface area contributed by atoms with E-state index in [0.29, 0.717) is 0 Å². The van der Waals surface area contributed by atoms with Gasteiger partial charge in [-0.05, 0) is 54.8 Å². The summed E-state index contributed by atoms with van der Waals surface area (Å²) < 4.78 is 19.2. The highest BCUT2D eigenvalue weighted by molar-refractivity contribution is 5.62. The second-order valence-corrected chi connectivity index (χ2v) is 7.24. The van der Waals surface area contributed by atoms with Crippen molar-refractivity contribution in [2.75, 3.05) is 0 Å². The Morgan fingerprint density at radius 2 is 1.77 bits per heavy atom. The van der Waals surface area contributed by atoms with Crippen LogP contribution in [0.5, 0.6) is 0 Å². The normalized spacial score (nSPS) is 13.8. The van der Waals surface area contributed by atoms with Crippen molar-refractivity contribution in [1.82, 2.24) is 0 Å². The van der Waals surface area contributed by atoms with Crippen molar-refractivity contribution in [2.24, 2.45) is 12.5 Å². The molecule has 0 saturated heterocycles. The van der Waals surface area contributed by atoms with E-state index in [4.69, 9.17) is 2.74 Å². The summed E-state index contributed by atoms with van der Waals surface area (Å²) in [5.41, 5.74) is 6.26. The van der Waals surface area contributed by atoms with Gasteiger partial charge in [0, 0.05) is 19.9 Å². The average Bonchev–Trinajstić information content (AvgIpc) is 2.48. The van der Waals surface area contributed by atoms with Gasteiger partial charge in [-0.25, -0.2) is 4.57 Å². The third-order valence-electron chi connectivity index (χ3n) is 3.97. The first-order valence-electron chi connectivity index (χ1n) is 9.09. The molecule has 1 aromatic carbocycles. The van der Waals surface area contributed by atoms with Gasteiger partial charge in [0.2, 0.25) is 5.69 Å². The van der Waals surface area contributed by atoms with E-state index >= 15 is 0 Å². The van der Waals surface area contributed by atoms with Crippen molar-refractivity contribution in [3.8, 4) is 11.3 Å². The summed E-state index contributed by atoms with van der Waals surface area (Å²) in [5, 5.41) is 0. The maximum absolute atomic E-state index is 8.58. The van der Waals surface area contributed by atoms with Gasteiger partial charge < -0.3 is 0 Å². The summed E-state index contributed by atoms with van der Waals surface area (Å²) in [6.45, 7) is 12.2. The molecule has 2 rings (SSSR count). The van der Waals surface area contributed by atoms with Crippen molar-refractivity contribution in [3.63, 3.8) is 0 Å². The number of hydrogen-bond acceptors (Lipinski definition) is 0. The standard InChI is InChI=1S/C21H30N/c1-8-17-9-10-19(16(3)11-17)20-12-15(2)18(14-22(20)7)13-21(4,5)6/h9-12,14H,8,13H2,1-7H3/q+1/i13D2. The minimum absolute atomic E-state index is 0.453. The third-order valence-corrected chi connectivity index (χ3v) is 3.97. The lowest BCUT2D eigenvalue weighted by Gasteiger charge is -2.19. The van der Waals surface area contributed by atoms with E-state index in [0.717, 1.165) is 23.2 Å². The van der Waals surface area contributed by atoms with Crippen LogP contribution in [0.15, 0.2) is 30.5 Å². The zero-order valence-corrected chi connectivity index (χ0v) is 15.0. The third kappa shape index (κ3) is 3.76. The molecule has 0 aliphatic carbocycles. The molecule has 0 unspecified atom stereocenters. The Bertz CT molecular complexity index is 755. The van der Waals surface area contributed by atoms with Crippen LogP contribution in [0.2, 0.25) is 0 Å². The average molecular weight is 298 g/mol. The molecule has 0 saturated carbocycles. The zero-order chi connectivity index (χ0) is 18.3. The molecule has 0 bridgehead atoms. The Morgan fingerprint density at radius 1 is 1.09 bits per heavy atom. The Hall–Kier alpha value is -1.63. The molecule has 0 aliphatic heterocycles. The van der Waals surface area contributed by atoms with E-state index in [-0.39, 0.29) is 0 Å². The van der Waals surface area contributed by atoms with Crippen LogP contribution in [-0.2, 0) is 19.8 Å². The fourth-order valence-corrected chi connectivity index (χ4v) is 2.79. The first-order valence-corrected chi connectivity index (χ1v) is 8.09. The highest BCUT2D eigenvalue weighted by atomic mass is 14.9. The molecule has 1 heteroatoms. The molecule has 2 aromatic rings. The molecule has 1 nitrogen and oxygen atoms in total. The van der Waals surface area contributed by atoms with Crippen LogP contribution < -0.4 is 4.57 Å². The number of pyridine rings is 1. The molecule has 0 spiro atoms. The fraction of sp³-hybridized carbons (Fsp3) is 0.476. The van der Waals surface area contributed by atoms with E-state index < -0.39 is 11.8 Å². The molecule has 1 heterocycles. The van der Waals surface area contributed by atoms with Gasteiger partial charge in [0.25, 0.3) is 0 Å². The first-order chi connectivity index (χ1) is 11.0. The molecule has 0 aliphatic rings. The quantitative estimate of drug-likeness (QED) is 0.706. The summed E-state index contributed by atoms with van der Waals surface area (Å²) >= 11 is 0. The Morgan fingerprint density at radius 3 is 2.32 bits per heavy atom. The van der Waals surface area contributed by atoms with Gasteiger partial charge in [0.05, 0.1) is 0 Å². The molecular weight excluding hydrogens is 266 g/mol. The molecule has 0 fully saturated rings. The zero-order valence-electron chi connectivity index (χ0n) is 17.0. The van der Waals surface area contributed by atoms with Crippen LogP contribution in [0.25, 0.3) is 11.3 Å². The molecule has 0 N–H and O–H groups in total. The maximum atomic E-state index is 8.58. The maximum Gasteiger partial charge on any atom is 0.212 e. The van der Waals surface area contributed by atoms with Crippen molar-refractivity contribution < 1.29 is 7.31 Å². The lowest BCUT2D eigenvalue weighted by molar-refractivity contribution is -0.660. The molecule has 0 atom stereocenters. The van der Waals surface area contributed by atoms with Gasteiger partial charge in [-0.15, -0.1) is 0 Å². The van der Waals surface area contributed by atoms with Gasteiger partial charge in [-0.1, -0.05) is 39.8 Å². The minimum Gasteiger partial charge on any atom is -0.201 e. The number of rotatable bonds is 3. The van der Waals surface area contributed by atoms with Gasteiger partial charge in [0.15, 0.2) is 6.20 Å². The summed E-state index contributed by atoms with van der Waals surface area (Å²) in [6, 6.07) is 8.72. The van der Waals surface area contributed by atoms with Crippen molar-refractivity contribution in [1.29, 1.82) is 0 Å². The number of nitrogens with zero attached hydrogens (tertiary/aromatic N) is 1. The monoisotopic (exact) mass is 298 g/mol. The molecule has 0 amide bonds. The van der Waals surface area contributed by atoms with E-state index in [1.54, 1.807) is 0 Å². The Balaban J connectivity index is 2.60. The van der Waals surface area contributed by atoms with E-state index in [1.165, 1.54) is 16.7 Å². The number of aromatic nitrogens is 1. The predicted octanol–water partition coefficient (Wildman–Crippen LogP) is 4.95. The van der Waals surface area contributed by atoms with Crippen LogP contribution in [0.4, 0.5) is 0 Å². The summed E-state index contributed by atoms with van der Waals surface area (Å²) in [4.78, 5) is 0. The van der Waals surface area contributed by atoms with Gasteiger partial charge in [0.1, 0.15) is 7.05 Å². The van der Waals surface area contributed by atoms with E-state index in [2.05, 4.69) is 42.7 Å². The molecular formula is C21H30N+. The summed E-state index contributed by atoms with van der Waals surface area (Å²) in [6.07, 6.45) is 1.62. The minimum atomic E-state index is -1.38. The van der Waals surface area contributed by atoms with Crippen LogP contribution in [0.3, 0.4) is 0 Å². The van der Waals surface area contributed by atoms with Crippen LogP contribution in [0.1, 0.15) is 52.7 Å². The van der Waals surface area contributed by atoms with Crippen LogP contribution >= 0.6 is 0 Å². The highest BCUT2D eigenvalue weighted by Gasteiger charge is 2.19. The lowest BCUT2D eigenvalue weighted by Crippen LogP contribution is -2.32. The second kappa shape index (κ2) is 6.24. The smallest absolute Gasteiger partial charge is 0.201 e. The Labute approximate surface area is 138 Å². The second-order valence-electron chi connectivity index (χ2n) is 7.24. The first kappa shape index (κ1) is 14.0. The molecule has 118 valence electrons. The van der Waals surface area contributed by atoms with Gasteiger partial charge >= 0.3 is 0 Å². The van der Waals surface area contributed by atoms with Crippen molar-refractivity contribution in [3.05, 3.63) is 52.7 Å². The van der Waals surface area contributed by atoms with E-state index in [1.807, 2.05) is 40.9 Å². The van der Waals surface area contributed by atoms with E-state index in [9.17, 15) is 0 Å². The fourth-order valence-electron chi connectivity index (χ4n) is 2.79. The highest BCUT2D eigenvalue weighted by Crippen LogP contribution is 2.26. The number of hydrogen-bond donors (Lipinski definition) is 0. The van der Waals surface area contributed by atoms with Crippen molar-refractivity contribution >= 4 is 0 Å². The largest absolute Gasteiger partial charge is 0.212 e. The number of benzene rings is 1. The molecule has 0 radical (unpaired) electrons. The van der Waals surface area contributed by atoms with Crippen LogP contribution in [-0.4, -0.2) is 0 Å².